The number of likely N-dealkylation sites (N-methyl/N-ethyl adjacent to an activating group) is 1. The number of nitrogens with zero attached hydrogens (tertiary/aromatic N) is 2. The molecule has 1 aromatic rings. The monoisotopic (exact) mass is 302 g/mol. The molecule has 0 saturated heterocycles. The van der Waals surface area contributed by atoms with Crippen LogP contribution < -0.4 is 0 Å². The van der Waals surface area contributed by atoms with Crippen LogP contribution in [-0.2, 0) is 19.6 Å². The summed E-state index contributed by atoms with van der Waals surface area (Å²) in [6.45, 7) is 1.05. The molecule has 0 fully saturated rings. The molecule has 0 bridgehead atoms. The molecule has 9 heteroatoms. The number of nitro groups is 1. The summed E-state index contributed by atoms with van der Waals surface area (Å²) in [6.07, 6.45) is 0. The van der Waals surface area contributed by atoms with Crippen molar-refractivity contribution in [3.05, 3.63) is 33.9 Å². The predicted molar refractivity (Wildman–Crippen MR) is 69.7 cm³/mol. The second-order valence-corrected chi connectivity index (χ2v) is 6.06. The first kappa shape index (κ1) is 16.1. The molecule has 0 radical (unpaired) electrons. The highest BCUT2D eigenvalue weighted by molar-refractivity contribution is 7.89. The summed E-state index contributed by atoms with van der Waals surface area (Å²) < 4.78 is 29.7. The number of non-ortho nitro benzene ring substituents is 1. The number of carbonyl (C=O) groups excluding carboxylic acids is 1. The second kappa shape index (κ2) is 5.97. The molecule has 0 heterocycles. The van der Waals surface area contributed by atoms with E-state index in [1.54, 1.807) is 0 Å². The average Bonchev–Trinajstić information content (AvgIpc) is 2.38. The van der Waals surface area contributed by atoms with E-state index >= 15 is 0 Å². The Morgan fingerprint density at radius 2 is 2.05 bits per heavy atom. The smallest absolute Gasteiger partial charge is 0.321 e. The van der Waals surface area contributed by atoms with E-state index in [2.05, 4.69) is 4.74 Å². The maximum atomic E-state index is 12.3. The van der Waals surface area contributed by atoms with Crippen molar-refractivity contribution in [2.75, 3.05) is 20.7 Å². The largest absolute Gasteiger partial charge is 0.468 e. The van der Waals surface area contributed by atoms with Gasteiger partial charge in [-0.3, -0.25) is 14.9 Å². The average molecular weight is 302 g/mol. The minimum absolute atomic E-state index is 0.210. The fourth-order valence-electron chi connectivity index (χ4n) is 1.48. The molecule has 20 heavy (non-hydrogen) atoms. The summed E-state index contributed by atoms with van der Waals surface area (Å²) in [5.41, 5.74) is 0.0213. The number of hydrogen-bond acceptors (Lipinski definition) is 6. The molecule has 0 aromatic heterocycles. The van der Waals surface area contributed by atoms with E-state index in [0.29, 0.717) is 5.56 Å². The summed E-state index contributed by atoms with van der Waals surface area (Å²) in [6, 6.07) is 3.53. The van der Waals surface area contributed by atoms with Crippen molar-refractivity contribution in [2.45, 2.75) is 11.8 Å². The van der Waals surface area contributed by atoms with Crippen LogP contribution in [0.3, 0.4) is 0 Å². The van der Waals surface area contributed by atoms with E-state index in [0.717, 1.165) is 17.5 Å². The molecule has 0 amide bonds. The van der Waals surface area contributed by atoms with Gasteiger partial charge in [-0.1, -0.05) is 6.07 Å². The molecule has 0 unspecified atom stereocenters. The van der Waals surface area contributed by atoms with Crippen molar-refractivity contribution in [3.8, 4) is 0 Å². The lowest BCUT2D eigenvalue weighted by molar-refractivity contribution is -0.385. The lowest BCUT2D eigenvalue weighted by Gasteiger charge is -2.17. The lowest BCUT2D eigenvalue weighted by atomic mass is 10.2. The van der Waals surface area contributed by atoms with Crippen LogP contribution in [-0.4, -0.2) is 44.3 Å². The summed E-state index contributed by atoms with van der Waals surface area (Å²) in [5.74, 6) is -0.723. The topological polar surface area (TPSA) is 107 Å². The third-order valence-electron chi connectivity index (χ3n) is 2.65. The van der Waals surface area contributed by atoms with Gasteiger partial charge in [-0.05, 0) is 12.5 Å². The van der Waals surface area contributed by atoms with Crippen LogP contribution in [0.2, 0.25) is 0 Å². The number of carbonyl (C=O) groups is 1. The SMILES string of the molecule is COC(=O)CN(C)S(=O)(=O)c1cc([N+](=O)[O-])ccc1C. The van der Waals surface area contributed by atoms with Crippen LogP contribution in [0.25, 0.3) is 0 Å². The van der Waals surface area contributed by atoms with Crippen molar-refractivity contribution < 1.29 is 22.9 Å². The van der Waals surface area contributed by atoms with Crippen molar-refractivity contribution in [1.82, 2.24) is 4.31 Å². The van der Waals surface area contributed by atoms with Gasteiger partial charge in [0.1, 0.15) is 6.54 Å². The van der Waals surface area contributed by atoms with Crippen molar-refractivity contribution >= 4 is 21.7 Å². The zero-order chi connectivity index (χ0) is 15.5. The summed E-state index contributed by atoms with van der Waals surface area (Å²) in [7, 11) is -1.66. The Labute approximate surface area is 116 Å². The van der Waals surface area contributed by atoms with E-state index in [1.807, 2.05) is 0 Å². The van der Waals surface area contributed by atoms with Crippen LogP contribution >= 0.6 is 0 Å². The highest BCUT2D eigenvalue weighted by Gasteiger charge is 2.26. The molecule has 0 spiro atoms. The van der Waals surface area contributed by atoms with Gasteiger partial charge in [0.15, 0.2) is 0 Å². The Kier molecular flexibility index (Phi) is 4.79. The van der Waals surface area contributed by atoms with Crippen molar-refractivity contribution in [2.24, 2.45) is 0 Å². The van der Waals surface area contributed by atoms with Crippen molar-refractivity contribution in [1.29, 1.82) is 0 Å². The van der Waals surface area contributed by atoms with Gasteiger partial charge in [0.25, 0.3) is 5.69 Å². The number of benzene rings is 1. The molecule has 8 nitrogen and oxygen atoms in total. The Morgan fingerprint density at radius 1 is 1.45 bits per heavy atom. The lowest BCUT2D eigenvalue weighted by Crippen LogP contribution is -2.33. The normalized spacial score (nSPS) is 11.4. The first-order valence-electron chi connectivity index (χ1n) is 5.48. The Hall–Kier alpha value is -2.00. The highest BCUT2D eigenvalue weighted by Crippen LogP contribution is 2.24. The number of esters is 1. The van der Waals surface area contributed by atoms with Crippen LogP contribution in [0, 0.1) is 17.0 Å². The summed E-state index contributed by atoms with van der Waals surface area (Å²) >= 11 is 0. The predicted octanol–water partition coefficient (Wildman–Crippen LogP) is 0.697. The molecule has 0 aliphatic heterocycles. The Bertz CT molecular complexity index is 640. The summed E-state index contributed by atoms with van der Waals surface area (Å²) in [4.78, 5) is 20.9. The zero-order valence-corrected chi connectivity index (χ0v) is 12.0. The van der Waals surface area contributed by atoms with Gasteiger partial charge in [-0.15, -0.1) is 0 Å². The number of ether oxygens (including phenoxy) is 1. The van der Waals surface area contributed by atoms with E-state index in [-0.39, 0.29) is 10.6 Å². The molecule has 1 aromatic carbocycles. The number of sulfonamides is 1. The quantitative estimate of drug-likeness (QED) is 0.450. The van der Waals surface area contributed by atoms with Gasteiger partial charge < -0.3 is 4.74 Å². The molecule has 0 aliphatic carbocycles. The second-order valence-electron chi connectivity index (χ2n) is 4.04. The molecule has 0 saturated carbocycles. The number of rotatable bonds is 5. The number of aryl methyl sites for hydroxylation is 1. The molecular formula is C11H14N2O6S. The third-order valence-corrected chi connectivity index (χ3v) is 4.60. The zero-order valence-electron chi connectivity index (χ0n) is 11.2. The Morgan fingerprint density at radius 3 is 2.55 bits per heavy atom. The maximum absolute atomic E-state index is 12.3. The molecule has 0 N–H and O–H groups in total. The standard InChI is InChI=1S/C11H14N2O6S/c1-8-4-5-9(13(15)16)6-10(8)20(17,18)12(2)7-11(14)19-3/h4-6H,7H2,1-3H3. The number of methoxy groups -OCH3 is 1. The minimum atomic E-state index is -4.00. The molecule has 110 valence electrons. The fraction of sp³-hybridized carbons (Fsp3) is 0.364. The first-order valence-corrected chi connectivity index (χ1v) is 6.92. The van der Waals surface area contributed by atoms with Crippen molar-refractivity contribution in [3.63, 3.8) is 0 Å². The summed E-state index contributed by atoms with van der Waals surface area (Å²) in [5, 5.41) is 10.7. The maximum Gasteiger partial charge on any atom is 0.321 e. The van der Waals surface area contributed by atoms with E-state index in [4.69, 9.17) is 0 Å². The van der Waals surface area contributed by atoms with Crippen LogP contribution in [0.15, 0.2) is 23.1 Å². The van der Waals surface area contributed by atoms with Crippen LogP contribution in [0.4, 0.5) is 5.69 Å². The van der Waals surface area contributed by atoms with Gasteiger partial charge in [-0.2, -0.15) is 4.31 Å². The van der Waals surface area contributed by atoms with E-state index in [9.17, 15) is 23.3 Å². The number of nitro benzene ring substituents is 1. The van der Waals surface area contributed by atoms with Gasteiger partial charge in [0.2, 0.25) is 10.0 Å². The van der Waals surface area contributed by atoms with Gasteiger partial charge in [-0.25, -0.2) is 8.42 Å². The third kappa shape index (κ3) is 3.31. The van der Waals surface area contributed by atoms with Gasteiger partial charge in [0.05, 0.1) is 16.9 Å². The molecule has 0 atom stereocenters. The number of hydrogen-bond donors (Lipinski definition) is 0. The fourth-order valence-corrected chi connectivity index (χ4v) is 2.84. The first-order chi connectivity index (χ1) is 9.20. The van der Waals surface area contributed by atoms with Crippen LogP contribution in [0.1, 0.15) is 5.56 Å². The van der Waals surface area contributed by atoms with Gasteiger partial charge >= 0.3 is 5.97 Å². The molecule has 1 rings (SSSR count). The van der Waals surface area contributed by atoms with E-state index < -0.39 is 27.5 Å². The Balaban J connectivity index is 3.24. The highest BCUT2D eigenvalue weighted by atomic mass is 32.2. The van der Waals surface area contributed by atoms with Gasteiger partial charge in [0, 0.05) is 19.2 Å². The molecular weight excluding hydrogens is 288 g/mol. The van der Waals surface area contributed by atoms with Crippen LogP contribution in [0.5, 0.6) is 0 Å². The minimum Gasteiger partial charge on any atom is -0.468 e. The molecule has 0 aliphatic rings. The van der Waals surface area contributed by atoms with E-state index in [1.165, 1.54) is 26.1 Å².